The molecule has 0 unspecified atom stereocenters. The number of benzene rings is 5. The number of fused-ring (bicyclic) bond motifs is 4. The monoisotopic (exact) mass is 725 g/mol. The highest BCUT2D eigenvalue weighted by Gasteiger charge is 2.45. The maximum absolute atomic E-state index is 4.36. The molecule has 0 saturated heterocycles. The van der Waals surface area contributed by atoms with Gasteiger partial charge < -0.3 is 4.90 Å². The standard InChI is InChI=1S/C51H49B2N3/c1-28-24-45-51-46(25-28)53(50-37(10)33(6)30(3)34(7)38(50)11)44-27-42(40-18-22-55-23-19-40)13-15-48(44)56(51)47-14-12-41(39-16-20-54-21-17-39)26-43(47)52(45)49-35(8)31(4)29(2)32(5)36(49)9/h12-27H,1-11H3. The second-order valence-corrected chi connectivity index (χ2v) is 16.6. The number of hydrogen-bond donors (Lipinski definition) is 0. The molecule has 0 amide bonds. The lowest BCUT2D eigenvalue weighted by Gasteiger charge is -2.45. The molecule has 0 fully saturated rings. The van der Waals surface area contributed by atoms with Crippen LogP contribution < -0.4 is 37.7 Å². The number of anilines is 3. The van der Waals surface area contributed by atoms with Crippen molar-refractivity contribution in [2.75, 3.05) is 4.90 Å². The van der Waals surface area contributed by atoms with Crippen molar-refractivity contribution < 1.29 is 0 Å². The van der Waals surface area contributed by atoms with Crippen LogP contribution in [-0.4, -0.2) is 23.4 Å². The third kappa shape index (κ3) is 5.20. The van der Waals surface area contributed by atoms with Gasteiger partial charge in [0.25, 0.3) is 0 Å². The van der Waals surface area contributed by atoms with Gasteiger partial charge >= 0.3 is 0 Å². The highest BCUT2D eigenvalue weighted by atomic mass is 15.2. The van der Waals surface area contributed by atoms with Gasteiger partial charge in [-0.25, -0.2) is 0 Å². The van der Waals surface area contributed by atoms with Crippen molar-refractivity contribution in [2.45, 2.75) is 76.2 Å². The van der Waals surface area contributed by atoms with Crippen molar-refractivity contribution in [3.63, 3.8) is 0 Å². The Morgan fingerprint density at radius 1 is 0.357 bits per heavy atom. The number of aromatic nitrogens is 2. The van der Waals surface area contributed by atoms with Gasteiger partial charge in [0, 0.05) is 41.8 Å². The van der Waals surface area contributed by atoms with Crippen LogP contribution in [0.2, 0.25) is 0 Å². The van der Waals surface area contributed by atoms with E-state index in [0.717, 1.165) is 0 Å². The summed E-state index contributed by atoms with van der Waals surface area (Å²) in [5, 5.41) is 0. The average molecular weight is 726 g/mol. The first-order valence-electron chi connectivity index (χ1n) is 20.1. The Labute approximate surface area is 334 Å². The maximum Gasteiger partial charge on any atom is 0.247 e. The molecule has 5 aromatic carbocycles. The molecule has 0 spiro atoms. The fourth-order valence-corrected chi connectivity index (χ4v) is 10.2. The van der Waals surface area contributed by atoms with Crippen molar-refractivity contribution in [1.82, 2.24) is 9.97 Å². The van der Waals surface area contributed by atoms with E-state index in [2.05, 4.69) is 164 Å². The summed E-state index contributed by atoms with van der Waals surface area (Å²) < 4.78 is 0. The summed E-state index contributed by atoms with van der Waals surface area (Å²) in [5.74, 6) is 0. The quantitative estimate of drug-likeness (QED) is 0.171. The van der Waals surface area contributed by atoms with E-state index in [1.807, 2.05) is 24.8 Å². The summed E-state index contributed by atoms with van der Waals surface area (Å²) in [5.41, 5.74) is 32.2. The van der Waals surface area contributed by atoms with E-state index in [-0.39, 0.29) is 13.4 Å². The number of pyridine rings is 2. The Hall–Kier alpha value is -5.67. The van der Waals surface area contributed by atoms with Gasteiger partial charge in [-0.3, -0.25) is 9.97 Å². The Bertz CT molecular complexity index is 2530. The van der Waals surface area contributed by atoms with Crippen LogP contribution in [0, 0.1) is 76.2 Å². The van der Waals surface area contributed by atoms with Gasteiger partial charge in [-0.15, -0.1) is 0 Å². The molecule has 3 nitrogen and oxygen atoms in total. The number of nitrogens with zero attached hydrogens (tertiary/aromatic N) is 3. The first kappa shape index (κ1) is 36.0. The van der Waals surface area contributed by atoms with Crippen LogP contribution >= 0.6 is 0 Å². The summed E-state index contributed by atoms with van der Waals surface area (Å²) in [7, 11) is 0. The van der Waals surface area contributed by atoms with Gasteiger partial charge in [0.1, 0.15) is 0 Å². The predicted molar refractivity (Wildman–Crippen MR) is 242 cm³/mol. The maximum atomic E-state index is 4.36. The lowest BCUT2D eigenvalue weighted by Crippen LogP contribution is -2.66. The van der Waals surface area contributed by atoms with Crippen LogP contribution in [0.5, 0.6) is 0 Å². The number of aryl methyl sites for hydroxylation is 1. The van der Waals surface area contributed by atoms with Crippen molar-refractivity contribution >= 4 is 63.3 Å². The van der Waals surface area contributed by atoms with Crippen LogP contribution in [0.15, 0.2) is 97.6 Å². The smallest absolute Gasteiger partial charge is 0.247 e. The minimum Gasteiger partial charge on any atom is -0.313 e. The van der Waals surface area contributed by atoms with E-state index in [0.29, 0.717) is 0 Å². The Morgan fingerprint density at radius 3 is 1.05 bits per heavy atom. The van der Waals surface area contributed by atoms with Gasteiger partial charge in [-0.1, -0.05) is 75.1 Å². The van der Waals surface area contributed by atoms with Crippen molar-refractivity contribution in [2.24, 2.45) is 0 Å². The van der Waals surface area contributed by atoms with Crippen LogP contribution in [0.3, 0.4) is 0 Å². The summed E-state index contributed by atoms with van der Waals surface area (Å²) in [6.45, 7) is 25.7. The minimum absolute atomic E-state index is 0.0525. The Morgan fingerprint density at radius 2 is 0.696 bits per heavy atom. The molecule has 0 saturated carbocycles. The van der Waals surface area contributed by atoms with Crippen LogP contribution in [-0.2, 0) is 0 Å². The minimum atomic E-state index is 0.0525. The Balaban J connectivity index is 1.43. The van der Waals surface area contributed by atoms with Gasteiger partial charge in [0.15, 0.2) is 0 Å². The van der Waals surface area contributed by atoms with Gasteiger partial charge in [-0.2, -0.15) is 0 Å². The zero-order chi connectivity index (χ0) is 39.3. The first-order valence-corrected chi connectivity index (χ1v) is 20.1. The second kappa shape index (κ2) is 13.2. The molecule has 4 heterocycles. The molecule has 0 N–H and O–H groups in total. The Kier molecular flexibility index (Phi) is 8.50. The number of rotatable bonds is 4. The lowest BCUT2D eigenvalue weighted by atomic mass is 9.29. The lowest BCUT2D eigenvalue weighted by molar-refractivity contribution is 1.19. The van der Waals surface area contributed by atoms with Crippen LogP contribution in [0.25, 0.3) is 22.3 Å². The molecule has 56 heavy (non-hydrogen) atoms. The van der Waals surface area contributed by atoms with E-state index in [1.165, 1.54) is 133 Å². The van der Waals surface area contributed by atoms with Crippen LogP contribution in [0.4, 0.5) is 17.1 Å². The molecule has 0 bridgehead atoms. The fraction of sp³-hybridized carbons (Fsp3) is 0.216. The van der Waals surface area contributed by atoms with E-state index >= 15 is 0 Å². The van der Waals surface area contributed by atoms with Gasteiger partial charge in [0.2, 0.25) is 13.4 Å². The van der Waals surface area contributed by atoms with E-state index in [1.54, 1.807) is 0 Å². The third-order valence-corrected chi connectivity index (χ3v) is 14.0. The molecule has 2 aliphatic rings. The molecule has 0 atom stereocenters. The van der Waals surface area contributed by atoms with Crippen molar-refractivity contribution in [3.8, 4) is 22.3 Å². The van der Waals surface area contributed by atoms with Gasteiger partial charge in [-0.05, 0) is 190 Å². The molecule has 5 heteroatoms. The zero-order valence-corrected chi connectivity index (χ0v) is 34.7. The molecule has 274 valence electrons. The highest BCUT2D eigenvalue weighted by Crippen LogP contribution is 2.40. The number of hydrogen-bond acceptors (Lipinski definition) is 3. The SMILES string of the molecule is Cc1cc2c3c(c1)B(c1c(C)c(C)c(C)c(C)c1C)c1cc(-c4ccncc4)ccc1N3c1ccc(-c3ccncc3)cc1B2c1c(C)c(C)c(C)c(C)c1C. The summed E-state index contributed by atoms with van der Waals surface area (Å²) in [4.78, 5) is 11.3. The summed E-state index contributed by atoms with van der Waals surface area (Å²) in [6, 6.07) is 27.9. The third-order valence-electron chi connectivity index (χ3n) is 14.0. The average Bonchev–Trinajstić information content (AvgIpc) is 3.22. The largest absolute Gasteiger partial charge is 0.313 e. The zero-order valence-electron chi connectivity index (χ0n) is 34.7. The van der Waals surface area contributed by atoms with Crippen molar-refractivity contribution in [3.05, 3.63) is 159 Å². The molecule has 0 radical (unpaired) electrons. The van der Waals surface area contributed by atoms with Crippen molar-refractivity contribution in [1.29, 1.82) is 0 Å². The molecule has 9 rings (SSSR count). The predicted octanol–water partition coefficient (Wildman–Crippen LogP) is 8.33. The fourth-order valence-electron chi connectivity index (χ4n) is 10.2. The van der Waals surface area contributed by atoms with Crippen LogP contribution in [0.1, 0.15) is 61.2 Å². The molecule has 0 aliphatic carbocycles. The second-order valence-electron chi connectivity index (χ2n) is 16.6. The summed E-state index contributed by atoms with van der Waals surface area (Å²) >= 11 is 0. The molecule has 2 aliphatic heterocycles. The normalized spacial score (nSPS) is 12.8. The summed E-state index contributed by atoms with van der Waals surface area (Å²) in [6.07, 6.45) is 7.60. The molecule has 2 aromatic heterocycles. The van der Waals surface area contributed by atoms with E-state index < -0.39 is 0 Å². The first-order chi connectivity index (χ1) is 26.9. The van der Waals surface area contributed by atoms with Gasteiger partial charge in [0.05, 0.1) is 0 Å². The van der Waals surface area contributed by atoms with E-state index in [9.17, 15) is 0 Å². The topological polar surface area (TPSA) is 29.0 Å². The molecule has 7 aromatic rings. The highest BCUT2D eigenvalue weighted by molar-refractivity contribution is 7.02. The van der Waals surface area contributed by atoms with E-state index in [4.69, 9.17) is 0 Å². The molecular formula is C51H49B2N3. The molecular weight excluding hydrogens is 676 g/mol.